The quantitative estimate of drug-likeness (QED) is 0.838. The van der Waals surface area contributed by atoms with Gasteiger partial charge >= 0.3 is 12.3 Å². The van der Waals surface area contributed by atoms with E-state index < -0.39 is 23.4 Å². The molecule has 0 saturated heterocycles. The minimum atomic E-state index is -4.62. The Labute approximate surface area is 148 Å². The molecule has 0 bridgehead atoms. The fourth-order valence-corrected chi connectivity index (χ4v) is 2.15. The van der Waals surface area contributed by atoms with Gasteiger partial charge in [0.15, 0.2) is 0 Å². The van der Waals surface area contributed by atoms with Gasteiger partial charge in [0.05, 0.1) is 11.3 Å². The number of ether oxygens (including phenoxy) is 1. The van der Waals surface area contributed by atoms with Crippen molar-refractivity contribution in [1.82, 2.24) is 15.3 Å². The van der Waals surface area contributed by atoms with Crippen LogP contribution in [0.2, 0.25) is 0 Å². The second-order valence-electron chi connectivity index (χ2n) is 6.76. The molecule has 3 N–H and O–H groups in total. The topological polar surface area (TPSA) is 90.1 Å². The van der Waals surface area contributed by atoms with Gasteiger partial charge in [0, 0.05) is 16.8 Å². The first kappa shape index (κ1) is 19.5. The van der Waals surface area contributed by atoms with E-state index >= 15 is 0 Å². The van der Waals surface area contributed by atoms with Crippen LogP contribution < -0.4 is 15.8 Å². The summed E-state index contributed by atoms with van der Waals surface area (Å²) in [5, 5.41) is 2.52. The first-order valence-corrected chi connectivity index (χ1v) is 7.67. The maximum absolute atomic E-state index is 13.2. The van der Waals surface area contributed by atoms with E-state index in [1.165, 1.54) is 12.1 Å². The lowest BCUT2D eigenvalue weighted by atomic mass is 10.1. The van der Waals surface area contributed by atoms with E-state index in [2.05, 4.69) is 15.3 Å². The molecule has 0 radical (unpaired) electrons. The average Bonchev–Trinajstić information content (AvgIpc) is 2.42. The third-order valence-electron chi connectivity index (χ3n) is 3.09. The molecule has 1 aromatic heterocycles. The molecule has 0 aliphatic carbocycles. The molecule has 0 unspecified atom stereocenters. The van der Waals surface area contributed by atoms with Crippen LogP contribution >= 0.6 is 0 Å². The maximum atomic E-state index is 13.2. The molecule has 1 heterocycles. The summed E-state index contributed by atoms with van der Waals surface area (Å²) in [5.74, 6) is -0.322. The highest BCUT2D eigenvalue weighted by Crippen LogP contribution is 2.35. The summed E-state index contributed by atoms with van der Waals surface area (Å²) in [6.45, 7) is 6.80. The number of aryl methyl sites for hydroxylation is 1. The van der Waals surface area contributed by atoms with Crippen LogP contribution in [-0.4, -0.2) is 21.6 Å². The van der Waals surface area contributed by atoms with Crippen LogP contribution in [0.5, 0.6) is 5.75 Å². The Balaban J connectivity index is 2.47. The van der Waals surface area contributed by atoms with Gasteiger partial charge in [-0.05, 0) is 52.0 Å². The number of hydrogen-bond donors (Lipinski definition) is 2. The van der Waals surface area contributed by atoms with Crippen LogP contribution in [0.15, 0.2) is 24.3 Å². The molecule has 6 nitrogen and oxygen atoms in total. The molecule has 0 aliphatic heterocycles. The zero-order valence-electron chi connectivity index (χ0n) is 14.7. The Kier molecular flexibility index (Phi) is 5.11. The van der Waals surface area contributed by atoms with E-state index in [0.717, 1.165) is 12.1 Å². The number of carbonyl (C=O) groups is 1. The summed E-state index contributed by atoms with van der Waals surface area (Å²) < 4.78 is 44.7. The molecule has 0 saturated carbocycles. The minimum Gasteiger partial charge on any atom is -0.410 e. The number of nitrogen functional groups attached to an aromatic ring is 1. The minimum absolute atomic E-state index is 0.0645. The van der Waals surface area contributed by atoms with E-state index in [9.17, 15) is 18.0 Å². The van der Waals surface area contributed by atoms with Crippen LogP contribution in [0, 0.1) is 6.92 Å². The van der Waals surface area contributed by atoms with Crippen LogP contribution in [0.4, 0.5) is 23.9 Å². The van der Waals surface area contributed by atoms with Crippen LogP contribution in [0.1, 0.15) is 32.0 Å². The van der Waals surface area contributed by atoms with Crippen molar-refractivity contribution in [3.63, 3.8) is 0 Å². The number of amides is 1. The predicted molar refractivity (Wildman–Crippen MR) is 90.5 cm³/mol. The molecular weight excluding hydrogens is 349 g/mol. The molecular formula is C17H19F3N4O2. The molecule has 0 aliphatic rings. The predicted octanol–water partition coefficient (Wildman–Crippen LogP) is 3.94. The van der Waals surface area contributed by atoms with Crippen molar-refractivity contribution < 1.29 is 22.7 Å². The number of carbonyl (C=O) groups excluding carboxylic acids is 1. The lowest BCUT2D eigenvalue weighted by Crippen LogP contribution is -2.42. The Morgan fingerprint density at radius 1 is 1.12 bits per heavy atom. The molecule has 2 aromatic rings. The van der Waals surface area contributed by atoms with Gasteiger partial charge in [0.2, 0.25) is 5.95 Å². The second kappa shape index (κ2) is 6.81. The number of aromatic nitrogens is 2. The third-order valence-corrected chi connectivity index (χ3v) is 3.09. The first-order chi connectivity index (χ1) is 11.8. The summed E-state index contributed by atoms with van der Waals surface area (Å²) in [4.78, 5) is 19.7. The maximum Gasteiger partial charge on any atom is 0.416 e. The molecule has 1 aromatic carbocycles. The molecule has 0 fully saturated rings. The molecule has 26 heavy (non-hydrogen) atoms. The molecule has 140 valence electrons. The van der Waals surface area contributed by atoms with Gasteiger partial charge in [0.1, 0.15) is 5.75 Å². The zero-order chi connectivity index (χ0) is 19.7. The molecule has 2 rings (SSSR count). The van der Waals surface area contributed by atoms with Crippen molar-refractivity contribution in [3.05, 3.63) is 35.5 Å². The number of rotatable bonds is 2. The Hall–Kier alpha value is -2.84. The smallest absolute Gasteiger partial charge is 0.410 e. The van der Waals surface area contributed by atoms with Crippen molar-refractivity contribution in [3.8, 4) is 17.0 Å². The zero-order valence-corrected chi connectivity index (χ0v) is 14.7. The molecule has 1 amide bonds. The number of nitrogens with one attached hydrogen (secondary N) is 1. The van der Waals surface area contributed by atoms with Crippen molar-refractivity contribution in [2.75, 3.05) is 5.73 Å². The SMILES string of the molecule is Cc1cc(-c2cc(OC(=O)NC(C)(C)C)cc(C(F)(F)F)c2)nc(N)n1. The standard InChI is InChI=1S/C17H19F3N4O2/c1-9-5-13(23-14(21)22-9)10-6-11(17(18,19)20)8-12(7-10)26-15(25)24-16(2,3)4/h5-8H,1-4H3,(H,24,25)(H2,21,22,23). The lowest BCUT2D eigenvalue weighted by molar-refractivity contribution is -0.137. The van der Waals surface area contributed by atoms with Gasteiger partial charge in [-0.1, -0.05) is 0 Å². The van der Waals surface area contributed by atoms with E-state index in [-0.39, 0.29) is 23.0 Å². The van der Waals surface area contributed by atoms with Crippen LogP contribution in [-0.2, 0) is 6.18 Å². The van der Waals surface area contributed by atoms with Crippen LogP contribution in [0.25, 0.3) is 11.3 Å². The number of halogens is 3. The summed E-state index contributed by atoms with van der Waals surface area (Å²) in [6, 6.07) is 4.45. The van der Waals surface area contributed by atoms with Gasteiger partial charge in [0.25, 0.3) is 0 Å². The Morgan fingerprint density at radius 3 is 2.31 bits per heavy atom. The molecule has 0 spiro atoms. The average molecular weight is 368 g/mol. The Bertz CT molecular complexity index is 809. The highest BCUT2D eigenvalue weighted by Gasteiger charge is 2.32. The van der Waals surface area contributed by atoms with Gasteiger partial charge in [-0.2, -0.15) is 13.2 Å². The van der Waals surface area contributed by atoms with Crippen molar-refractivity contribution in [2.45, 2.75) is 39.4 Å². The van der Waals surface area contributed by atoms with Gasteiger partial charge in [-0.3, -0.25) is 0 Å². The van der Waals surface area contributed by atoms with Crippen molar-refractivity contribution in [1.29, 1.82) is 0 Å². The van der Waals surface area contributed by atoms with E-state index in [1.54, 1.807) is 27.7 Å². The fraction of sp³-hybridized carbons (Fsp3) is 0.353. The monoisotopic (exact) mass is 368 g/mol. The van der Waals surface area contributed by atoms with Crippen molar-refractivity contribution >= 4 is 12.0 Å². The first-order valence-electron chi connectivity index (χ1n) is 7.67. The summed E-state index contributed by atoms with van der Waals surface area (Å²) in [6.07, 6.45) is -5.48. The van der Waals surface area contributed by atoms with Gasteiger partial charge in [-0.25, -0.2) is 14.8 Å². The molecule has 0 atom stereocenters. The van der Waals surface area contributed by atoms with Crippen LogP contribution in [0.3, 0.4) is 0 Å². The highest BCUT2D eigenvalue weighted by atomic mass is 19.4. The van der Waals surface area contributed by atoms with Crippen molar-refractivity contribution in [2.24, 2.45) is 0 Å². The fourth-order valence-electron chi connectivity index (χ4n) is 2.15. The van der Waals surface area contributed by atoms with Gasteiger partial charge in [-0.15, -0.1) is 0 Å². The number of alkyl halides is 3. The largest absolute Gasteiger partial charge is 0.416 e. The number of hydrogen-bond acceptors (Lipinski definition) is 5. The third kappa shape index (κ3) is 5.33. The molecule has 9 heteroatoms. The highest BCUT2D eigenvalue weighted by molar-refractivity contribution is 5.73. The number of nitrogens with two attached hydrogens (primary N) is 1. The van der Waals surface area contributed by atoms with E-state index in [1.807, 2.05) is 0 Å². The summed E-state index contributed by atoms with van der Waals surface area (Å²) >= 11 is 0. The van der Waals surface area contributed by atoms with E-state index in [0.29, 0.717) is 5.69 Å². The summed E-state index contributed by atoms with van der Waals surface area (Å²) in [5.41, 5.74) is 4.80. The second-order valence-corrected chi connectivity index (χ2v) is 6.76. The van der Waals surface area contributed by atoms with E-state index in [4.69, 9.17) is 10.5 Å². The number of nitrogens with zero attached hydrogens (tertiary/aromatic N) is 2. The summed E-state index contributed by atoms with van der Waals surface area (Å²) in [7, 11) is 0. The number of anilines is 1. The van der Waals surface area contributed by atoms with Gasteiger partial charge < -0.3 is 15.8 Å². The lowest BCUT2D eigenvalue weighted by Gasteiger charge is -2.20. The number of benzene rings is 1. The normalized spacial score (nSPS) is 12.0. The Morgan fingerprint density at radius 2 is 1.77 bits per heavy atom.